The van der Waals surface area contributed by atoms with Gasteiger partial charge in [-0.1, -0.05) is 0 Å². The van der Waals surface area contributed by atoms with Crippen LogP contribution in [0.3, 0.4) is 0 Å². The van der Waals surface area contributed by atoms with E-state index in [1.54, 1.807) is 12.3 Å². The van der Waals surface area contributed by atoms with E-state index >= 15 is 0 Å². The summed E-state index contributed by atoms with van der Waals surface area (Å²) >= 11 is 3.26. The molecule has 2 heterocycles. The zero-order valence-electron chi connectivity index (χ0n) is 6.38. The number of aryl methyl sites for hydroxylation is 1. The third-order valence-corrected chi connectivity index (χ3v) is 2.40. The maximum Gasteiger partial charge on any atom is 0.150 e. The van der Waals surface area contributed by atoms with Gasteiger partial charge in [-0.05, 0) is 22.0 Å². The molecule has 0 saturated carbocycles. The fourth-order valence-corrected chi connectivity index (χ4v) is 1.82. The van der Waals surface area contributed by atoms with E-state index in [2.05, 4.69) is 20.9 Å². The molecule has 0 atom stereocenters. The molecule has 2 aromatic heterocycles. The minimum Gasteiger partial charge on any atom is -0.348 e. The Morgan fingerprint density at radius 1 is 1.58 bits per heavy atom. The molecule has 4 heteroatoms. The van der Waals surface area contributed by atoms with E-state index in [1.807, 2.05) is 11.6 Å². The van der Waals surface area contributed by atoms with Crippen molar-refractivity contribution in [3.8, 4) is 0 Å². The van der Waals surface area contributed by atoms with Crippen LogP contribution in [-0.4, -0.2) is 9.55 Å². The number of nitrogens with zero attached hydrogens (tertiary/aromatic N) is 2. The van der Waals surface area contributed by atoms with Crippen molar-refractivity contribution < 1.29 is 4.39 Å². The second-order valence-corrected chi connectivity index (χ2v) is 3.34. The normalized spacial score (nSPS) is 10.9. The van der Waals surface area contributed by atoms with E-state index in [0.717, 1.165) is 5.52 Å². The molecule has 0 spiro atoms. The van der Waals surface area contributed by atoms with Crippen LogP contribution in [0.25, 0.3) is 10.9 Å². The molecule has 0 fully saturated rings. The van der Waals surface area contributed by atoms with Crippen molar-refractivity contribution in [1.82, 2.24) is 9.55 Å². The number of aromatic nitrogens is 2. The summed E-state index contributed by atoms with van der Waals surface area (Å²) in [4.78, 5) is 3.86. The lowest BCUT2D eigenvalue weighted by Gasteiger charge is -1.98. The lowest BCUT2D eigenvalue weighted by Crippen LogP contribution is -1.89. The molecule has 0 saturated heterocycles. The minimum absolute atomic E-state index is 0.284. The molecule has 2 rings (SSSR count). The van der Waals surface area contributed by atoms with Gasteiger partial charge < -0.3 is 4.57 Å². The van der Waals surface area contributed by atoms with Gasteiger partial charge in [-0.3, -0.25) is 0 Å². The molecule has 2 aromatic rings. The number of halogens is 2. The van der Waals surface area contributed by atoms with E-state index < -0.39 is 0 Å². The molecule has 0 amide bonds. The highest BCUT2D eigenvalue weighted by Crippen LogP contribution is 2.23. The Morgan fingerprint density at radius 3 is 3.00 bits per heavy atom. The molecule has 0 unspecified atom stereocenters. The van der Waals surface area contributed by atoms with Gasteiger partial charge in [0.25, 0.3) is 0 Å². The Hall–Kier alpha value is -0.900. The SMILES string of the molecule is Cn1ccc2c(F)cnc(Br)c21. The summed E-state index contributed by atoms with van der Waals surface area (Å²) in [5.41, 5.74) is 0.787. The van der Waals surface area contributed by atoms with Gasteiger partial charge in [0.1, 0.15) is 4.60 Å². The van der Waals surface area contributed by atoms with E-state index in [0.29, 0.717) is 9.99 Å². The van der Waals surface area contributed by atoms with Crippen LogP contribution >= 0.6 is 15.9 Å². The molecular formula is C8H6BrFN2. The number of hydrogen-bond acceptors (Lipinski definition) is 1. The number of hydrogen-bond donors (Lipinski definition) is 0. The molecular weight excluding hydrogens is 223 g/mol. The van der Waals surface area contributed by atoms with Crippen LogP contribution in [0.4, 0.5) is 4.39 Å². The fourth-order valence-electron chi connectivity index (χ4n) is 1.22. The summed E-state index contributed by atoms with van der Waals surface area (Å²) in [5.74, 6) is -0.284. The molecule has 62 valence electrons. The first-order valence-electron chi connectivity index (χ1n) is 3.45. The standard InChI is InChI=1S/C8H6BrFN2/c1-12-3-2-5-6(10)4-11-8(9)7(5)12/h2-4H,1H3. The number of fused-ring (bicyclic) bond motifs is 1. The van der Waals surface area contributed by atoms with Gasteiger partial charge >= 0.3 is 0 Å². The first-order chi connectivity index (χ1) is 5.70. The van der Waals surface area contributed by atoms with Crippen LogP contribution in [0.2, 0.25) is 0 Å². The smallest absolute Gasteiger partial charge is 0.150 e. The highest BCUT2D eigenvalue weighted by molar-refractivity contribution is 9.10. The third kappa shape index (κ3) is 0.948. The van der Waals surface area contributed by atoms with Crippen LogP contribution in [0.1, 0.15) is 0 Å². The second-order valence-electron chi connectivity index (χ2n) is 2.59. The van der Waals surface area contributed by atoms with Crippen LogP contribution in [0, 0.1) is 5.82 Å². The predicted octanol–water partition coefficient (Wildman–Crippen LogP) is 2.47. The van der Waals surface area contributed by atoms with E-state index in [-0.39, 0.29) is 5.82 Å². The van der Waals surface area contributed by atoms with Crippen LogP contribution in [0.5, 0.6) is 0 Å². The minimum atomic E-state index is -0.284. The molecule has 0 aliphatic carbocycles. The van der Waals surface area contributed by atoms with Gasteiger partial charge in [0.15, 0.2) is 5.82 Å². The highest BCUT2D eigenvalue weighted by atomic mass is 79.9. The topological polar surface area (TPSA) is 17.8 Å². The van der Waals surface area contributed by atoms with Crippen molar-refractivity contribution in [3.63, 3.8) is 0 Å². The van der Waals surface area contributed by atoms with Crippen molar-refractivity contribution in [2.75, 3.05) is 0 Å². The second kappa shape index (κ2) is 2.55. The summed E-state index contributed by atoms with van der Waals surface area (Å²) in [7, 11) is 1.86. The Kier molecular flexibility index (Phi) is 1.65. The van der Waals surface area contributed by atoms with Crippen molar-refractivity contribution in [2.45, 2.75) is 0 Å². The van der Waals surface area contributed by atoms with Gasteiger partial charge in [0, 0.05) is 18.6 Å². The summed E-state index contributed by atoms with van der Waals surface area (Å²) < 4.78 is 15.6. The first kappa shape index (κ1) is 7.73. The Labute approximate surface area is 77.1 Å². The average molecular weight is 229 g/mol. The molecule has 0 aliphatic rings. The summed E-state index contributed by atoms with van der Waals surface area (Å²) in [6.45, 7) is 0. The summed E-state index contributed by atoms with van der Waals surface area (Å²) in [5, 5.41) is 0.597. The van der Waals surface area contributed by atoms with Crippen molar-refractivity contribution in [3.05, 3.63) is 28.9 Å². The molecule has 0 bridgehead atoms. The zero-order chi connectivity index (χ0) is 8.72. The van der Waals surface area contributed by atoms with Crippen LogP contribution < -0.4 is 0 Å². The van der Waals surface area contributed by atoms with Crippen molar-refractivity contribution >= 4 is 26.8 Å². The maximum atomic E-state index is 13.1. The lowest BCUT2D eigenvalue weighted by molar-refractivity contribution is 0.633. The molecule has 0 radical (unpaired) electrons. The Balaban J connectivity index is 2.98. The van der Waals surface area contributed by atoms with Crippen molar-refractivity contribution in [2.24, 2.45) is 7.05 Å². The number of pyridine rings is 1. The summed E-state index contributed by atoms with van der Waals surface area (Å²) in [6.07, 6.45) is 3.02. The quantitative estimate of drug-likeness (QED) is 0.634. The van der Waals surface area contributed by atoms with Gasteiger partial charge in [0.2, 0.25) is 0 Å². The lowest BCUT2D eigenvalue weighted by atomic mass is 10.3. The number of rotatable bonds is 0. The van der Waals surface area contributed by atoms with Gasteiger partial charge in [-0.25, -0.2) is 9.37 Å². The first-order valence-corrected chi connectivity index (χ1v) is 4.24. The Morgan fingerprint density at radius 2 is 2.33 bits per heavy atom. The zero-order valence-corrected chi connectivity index (χ0v) is 7.97. The largest absolute Gasteiger partial charge is 0.348 e. The van der Waals surface area contributed by atoms with Crippen molar-refractivity contribution in [1.29, 1.82) is 0 Å². The van der Waals surface area contributed by atoms with Crippen LogP contribution in [-0.2, 0) is 7.05 Å². The van der Waals surface area contributed by atoms with Gasteiger partial charge in [-0.2, -0.15) is 0 Å². The third-order valence-electron chi connectivity index (χ3n) is 1.82. The average Bonchev–Trinajstić information content (AvgIpc) is 2.42. The molecule has 12 heavy (non-hydrogen) atoms. The van der Waals surface area contributed by atoms with E-state index in [1.165, 1.54) is 6.20 Å². The maximum absolute atomic E-state index is 13.1. The van der Waals surface area contributed by atoms with Crippen LogP contribution in [0.15, 0.2) is 23.1 Å². The highest BCUT2D eigenvalue weighted by Gasteiger charge is 2.07. The summed E-state index contributed by atoms with van der Waals surface area (Å²) in [6, 6.07) is 1.73. The fraction of sp³-hybridized carbons (Fsp3) is 0.125. The predicted molar refractivity (Wildman–Crippen MR) is 48.4 cm³/mol. The molecule has 0 aliphatic heterocycles. The molecule has 0 N–H and O–H groups in total. The van der Waals surface area contributed by atoms with Gasteiger partial charge in [-0.15, -0.1) is 0 Å². The van der Waals surface area contributed by atoms with Gasteiger partial charge in [0.05, 0.1) is 11.7 Å². The Bertz CT molecular complexity index is 436. The molecule has 0 aromatic carbocycles. The van der Waals surface area contributed by atoms with E-state index in [9.17, 15) is 4.39 Å². The molecule has 2 nitrogen and oxygen atoms in total. The monoisotopic (exact) mass is 228 g/mol. The van der Waals surface area contributed by atoms with E-state index in [4.69, 9.17) is 0 Å².